The molecule has 3 aromatic rings. The van der Waals surface area contributed by atoms with E-state index in [1.807, 2.05) is 18.2 Å². The molecule has 5 heteroatoms. The van der Waals surface area contributed by atoms with E-state index in [4.69, 9.17) is 0 Å². The molecule has 1 aliphatic rings. The minimum atomic E-state index is -0.214. The molecule has 0 amide bonds. The van der Waals surface area contributed by atoms with Crippen molar-refractivity contribution < 1.29 is 8.78 Å². The van der Waals surface area contributed by atoms with Crippen molar-refractivity contribution in [1.29, 1.82) is 0 Å². The van der Waals surface area contributed by atoms with Crippen molar-refractivity contribution in [3.8, 4) is 0 Å². The molecule has 2 heterocycles. The van der Waals surface area contributed by atoms with E-state index < -0.39 is 0 Å². The standard InChI is InChI=1S/C23H24F2N2S/c24-21-4-1-17(2-5-21)11-23-13-20-12-22(25)6-3-19(20)15-27(23)9-8-26-14-18-7-10-28-16-18/h1-7,10,12,16,23,26H,8-9,11,13-15H2. The molecule has 1 unspecified atom stereocenters. The topological polar surface area (TPSA) is 15.3 Å². The Morgan fingerprint density at radius 2 is 1.79 bits per heavy atom. The number of hydrogen-bond donors (Lipinski definition) is 1. The lowest BCUT2D eigenvalue weighted by Gasteiger charge is -2.37. The fraction of sp³-hybridized carbons (Fsp3) is 0.304. The molecular formula is C23H24F2N2S. The fourth-order valence-electron chi connectivity index (χ4n) is 3.87. The van der Waals surface area contributed by atoms with Crippen molar-refractivity contribution in [2.45, 2.75) is 32.0 Å². The van der Waals surface area contributed by atoms with Crippen molar-refractivity contribution in [2.24, 2.45) is 0 Å². The maximum atomic E-state index is 13.7. The SMILES string of the molecule is Fc1ccc(CC2Cc3cc(F)ccc3CN2CCNCc2ccsc2)cc1. The normalized spacial score (nSPS) is 16.9. The maximum Gasteiger partial charge on any atom is 0.123 e. The monoisotopic (exact) mass is 398 g/mol. The zero-order valence-electron chi connectivity index (χ0n) is 15.7. The molecule has 1 aromatic heterocycles. The van der Waals surface area contributed by atoms with E-state index >= 15 is 0 Å². The summed E-state index contributed by atoms with van der Waals surface area (Å²) in [5.74, 6) is -0.389. The van der Waals surface area contributed by atoms with Crippen LogP contribution < -0.4 is 5.32 Å². The number of fused-ring (bicyclic) bond motifs is 1. The molecule has 2 nitrogen and oxygen atoms in total. The van der Waals surface area contributed by atoms with Crippen LogP contribution in [0.2, 0.25) is 0 Å². The molecule has 0 spiro atoms. The number of hydrogen-bond acceptors (Lipinski definition) is 3. The summed E-state index contributed by atoms with van der Waals surface area (Å²) in [5.41, 5.74) is 4.72. The first-order chi connectivity index (χ1) is 13.7. The Labute approximate surface area is 168 Å². The van der Waals surface area contributed by atoms with E-state index in [1.165, 1.54) is 23.3 Å². The van der Waals surface area contributed by atoms with Crippen LogP contribution in [-0.2, 0) is 25.9 Å². The number of halogens is 2. The largest absolute Gasteiger partial charge is 0.311 e. The zero-order valence-corrected chi connectivity index (χ0v) is 16.5. The molecular weight excluding hydrogens is 374 g/mol. The van der Waals surface area contributed by atoms with Gasteiger partial charge in [-0.1, -0.05) is 18.2 Å². The molecule has 0 bridgehead atoms. The lowest BCUT2D eigenvalue weighted by Crippen LogP contribution is -2.44. The van der Waals surface area contributed by atoms with Gasteiger partial charge in [0.15, 0.2) is 0 Å². The van der Waals surface area contributed by atoms with Gasteiger partial charge in [-0.25, -0.2) is 8.78 Å². The number of rotatable bonds is 7. The highest BCUT2D eigenvalue weighted by Gasteiger charge is 2.26. The highest BCUT2D eigenvalue weighted by molar-refractivity contribution is 7.07. The van der Waals surface area contributed by atoms with Gasteiger partial charge in [-0.05, 0) is 76.2 Å². The van der Waals surface area contributed by atoms with Crippen LogP contribution in [0.4, 0.5) is 8.78 Å². The summed E-state index contributed by atoms with van der Waals surface area (Å²) in [6.45, 7) is 3.52. The van der Waals surface area contributed by atoms with E-state index in [1.54, 1.807) is 23.5 Å². The van der Waals surface area contributed by atoms with Crippen molar-refractivity contribution >= 4 is 11.3 Å². The molecule has 1 N–H and O–H groups in total. The Morgan fingerprint density at radius 3 is 2.57 bits per heavy atom. The Balaban J connectivity index is 1.43. The second-order valence-corrected chi connectivity index (χ2v) is 8.16. The van der Waals surface area contributed by atoms with Crippen molar-refractivity contribution in [2.75, 3.05) is 13.1 Å². The Morgan fingerprint density at radius 1 is 0.964 bits per heavy atom. The number of nitrogens with one attached hydrogen (secondary N) is 1. The molecule has 146 valence electrons. The zero-order chi connectivity index (χ0) is 19.3. The molecule has 0 aliphatic carbocycles. The number of benzene rings is 2. The van der Waals surface area contributed by atoms with Gasteiger partial charge in [-0.15, -0.1) is 0 Å². The van der Waals surface area contributed by atoms with Gasteiger partial charge in [0.05, 0.1) is 0 Å². The summed E-state index contributed by atoms with van der Waals surface area (Å²) in [6.07, 6.45) is 1.65. The average Bonchev–Trinajstić information content (AvgIpc) is 3.21. The first kappa shape index (κ1) is 19.2. The lowest BCUT2D eigenvalue weighted by molar-refractivity contribution is 0.170. The highest BCUT2D eigenvalue weighted by Crippen LogP contribution is 2.26. The highest BCUT2D eigenvalue weighted by atomic mass is 32.1. The van der Waals surface area contributed by atoms with Crippen LogP contribution in [0.15, 0.2) is 59.3 Å². The molecule has 28 heavy (non-hydrogen) atoms. The van der Waals surface area contributed by atoms with Gasteiger partial charge in [-0.3, -0.25) is 4.90 Å². The van der Waals surface area contributed by atoms with Gasteiger partial charge in [-0.2, -0.15) is 11.3 Å². The average molecular weight is 399 g/mol. The van der Waals surface area contributed by atoms with Crippen LogP contribution in [0.1, 0.15) is 22.3 Å². The first-order valence-corrected chi connectivity index (χ1v) is 10.6. The van der Waals surface area contributed by atoms with Crippen molar-refractivity contribution in [3.63, 3.8) is 0 Å². The molecule has 1 aliphatic heterocycles. The smallest absolute Gasteiger partial charge is 0.123 e. The summed E-state index contributed by atoms with van der Waals surface area (Å²) in [5, 5.41) is 7.77. The third-order valence-corrected chi connectivity index (χ3v) is 6.12. The fourth-order valence-corrected chi connectivity index (χ4v) is 4.54. The van der Waals surface area contributed by atoms with Gasteiger partial charge in [0.1, 0.15) is 11.6 Å². The van der Waals surface area contributed by atoms with E-state index in [9.17, 15) is 8.78 Å². The first-order valence-electron chi connectivity index (χ1n) is 9.65. The van der Waals surface area contributed by atoms with Crippen LogP contribution in [0, 0.1) is 11.6 Å². The number of thiophene rings is 1. The van der Waals surface area contributed by atoms with Crippen LogP contribution in [0.3, 0.4) is 0 Å². The summed E-state index contributed by atoms with van der Waals surface area (Å²) >= 11 is 1.71. The molecule has 0 fully saturated rings. The lowest BCUT2D eigenvalue weighted by atomic mass is 9.90. The summed E-state index contributed by atoms with van der Waals surface area (Å²) < 4.78 is 27.0. The van der Waals surface area contributed by atoms with E-state index in [-0.39, 0.29) is 17.7 Å². The minimum absolute atomic E-state index is 0.176. The molecule has 0 radical (unpaired) electrons. The second-order valence-electron chi connectivity index (χ2n) is 7.38. The Kier molecular flexibility index (Phi) is 6.15. The van der Waals surface area contributed by atoms with Crippen LogP contribution >= 0.6 is 11.3 Å². The Bertz CT molecular complexity index is 893. The molecule has 1 atom stereocenters. The maximum absolute atomic E-state index is 13.7. The quantitative estimate of drug-likeness (QED) is 0.576. The molecule has 0 saturated carbocycles. The van der Waals surface area contributed by atoms with Gasteiger partial charge in [0.2, 0.25) is 0 Å². The summed E-state index contributed by atoms with van der Waals surface area (Å²) in [7, 11) is 0. The van der Waals surface area contributed by atoms with E-state index in [0.29, 0.717) is 0 Å². The number of nitrogens with zero attached hydrogens (tertiary/aromatic N) is 1. The minimum Gasteiger partial charge on any atom is -0.311 e. The van der Waals surface area contributed by atoms with Crippen LogP contribution in [-0.4, -0.2) is 24.0 Å². The summed E-state index contributed by atoms with van der Waals surface area (Å²) in [4.78, 5) is 2.46. The third kappa shape index (κ3) is 4.85. The summed E-state index contributed by atoms with van der Waals surface area (Å²) in [6, 6.07) is 14.3. The van der Waals surface area contributed by atoms with Gasteiger partial charge < -0.3 is 5.32 Å². The molecule has 0 saturated heterocycles. The predicted octanol–water partition coefficient (Wildman–Crippen LogP) is 4.79. The van der Waals surface area contributed by atoms with Crippen molar-refractivity contribution in [3.05, 3.63) is 93.2 Å². The third-order valence-electron chi connectivity index (χ3n) is 5.38. The molecule has 2 aromatic carbocycles. The van der Waals surface area contributed by atoms with E-state index in [2.05, 4.69) is 27.0 Å². The predicted molar refractivity (Wildman–Crippen MR) is 110 cm³/mol. The second kappa shape index (κ2) is 8.95. The molecule has 4 rings (SSSR count). The van der Waals surface area contributed by atoms with Gasteiger partial charge >= 0.3 is 0 Å². The van der Waals surface area contributed by atoms with E-state index in [0.717, 1.165) is 50.1 Å². The van der Waals surface area contributed by atoms with Crippen LogP contribution in [0.25, 0.3) is 0 Å². The van der Waals surface area contributed by atoms with Crippen LogP contribution in [0.5, 0.6) is 0 Å². The Hall–Kier alpha value is -2.08. The van der Waals surface area contributed by atoms with Gasteiger partial charge in [0.25, 0.3) is 0 Å². The van der Waals surface area contributed by atoms with Crippen molar-refractivity contribution in [1.82, 2.24) is 10.2 Å². The van der Waals surface area contributed by atoms with Gasteiger partial charge in [0, 0.05) is 32.2 Å².